The van der Waals surface area contributed by atoms with Crippen LogP contribution in [0.1, 0.15) is 26.7 Å². The summed E-state index contributed by atoms with van der Waals surface area (Å²) in [5.41, 5.74) is 5.87. The topological polar surface area (TPSA) is 55.6 Å². The molecular formula is C12H25ClN2O2. The van der Waals surface area contributed by atoms with Crippen LogP contribution in [0.25, 0.3) is 0 Å². The third kappa shape index (κ3) is 4.82. The van der Waals surface area contributed by atoms with Gasteiger partial charge in [-0.3, -0.25) is 4.79 Å². The zero-order chi connectivity index (χ0) is 12.1. The van der Waals surface area contributed by atoms with Crippen LogP contribution in [-0.4, -0.2) is 43.7 Å². The van der Waals surface area contributed by atoms with E-state index in [-0.39, 0.29) is 30.3 Å². The number of methoxy groups -OCH3 is 1. The molecule has 0 saturated carbocycles. The molecule has 2 N–H and O–H groups in total. The molecule has 17 heavy (non-hydrogen) atoms. The number of hydrogen-bond donors (Lipinski definition) is 1. The van der Waals surface area contributed by atoms with Gasteiger partial charge in [0, 0.05) is 26.2 Å². The standard InChI is InChI=1S/C12H24N2O2.ClH/c1-9(8-16-3)12(15)14-6-4-11(5-7-14)10(2)13;/h9-11H,4-8,13H2,1-3H3;1H. The highest BCUT2D eigenvalue weighted by Gasteiger charge is 2.27. The molecule has 102 valence electrons. The van der Waals surface area contributed by atoms with Gasteiger partial charge in [-0.15, -0.1) is 12.4 Å². The number of nitrogens with zero attached hydrogens (tertiary/aromatic N) is 1. The molecule has 2 atom stereocenters. The summed E-state index contributed by atoms with van der Waals surface area (Å²) < 4.78 is 5.01. The smallest absolute Gasteiger partial charge is 0.227 e. The van der Waals surface area contributed by atoms with Crippen molar-refractivity contribution >= 4 is 18.3 Å². The zero-order valence-electron chi connectivity index (χ0n) is 11.0. The van der Waals surface area contributed by atoms with Crippen LogP contribution in [0.15, 0.2) is 0 Å². The quantitative estimate of drug-likeness (QED) is 0.832. The Morgan fingerprint density at radius 2 is 1.94 bits per heavy atom. The molecule has 1 saturated heterocycles. The first-order chi connectivity index (χ1) is 7.56. The number of nitrogens with two attached hydrogens (primary N) is 1. The summed E-state index contributed by atoms with van der Waals surface area (Å²) in [4.78, 5) is 13.9. The molecule has 0 aromatic rings. The maximum absolute atomic E-state index is 12.0. The van der Waals surface area contributed by atoms with E-state index in [0.717, 1.165) is 25.9 Å². The zero-order valence-corrected chi connectivity index (χ0v) is 11.8. The number of likely N-dealkylation sites (tertiary alicyclic amines) is 1. The van der Waals surface area contributed by atoms with Gasteiger partial charge in [-0.25, -0.2) is 0 Å². The van der Waals surface area contributed by atoms with Crippen molar-refractivity contribution in [1.82, 2.24) is 4.90 Å². The monoisotopic (exact) mass is 264 g/mol. The van der Waals surface area contributed by atoms with Gasteiger partial charge in [-0.1, -0.05) is 6.92 Å². The fourth-order valence-corrected chi connectivity index (χ4v) is 2.28. The van der Waals surface area contributed by atoms with Gasteiger partial charge >= 0.3 is 0 Å². The largest absolute Gasteiger partial charge is 0.384 e. The minimum Gasteiger partial charge on any atom is -0.384 e. The van der Waals surface area contributed by atoms with Gasteiger partial charge in [-0.05, 0) is 25.7 Å². The highest BCUT2D eigenvalue weighted by molar-refractivity contribution is 5.85. The summed E-state index contributed by atoms with van der Waals surface area (Å²) in [5, 5.41) is 0. The Labute approximate surface area is 110 Å². The maximum Gasteiger partial charge on any atom is 0.227 e. The molecule has 1 heterocycles. The number of halogens is 1. The van der Waals surface area contributed by atoms with Crippen molar-refractivity contribution in [2.75, 3.05) is 26.8 Å². The van der Waals surface area contributed by atoms with E-state index in [4.69, 9.17) is 10.5 Å². The van der Waals surface area contributed by atoms with Crippen LogP contribution in [-0.2, 0) is 9.53 Å². The van der Waals surface area contributed by atoms with E-state index in [0.29, 0.717) is 12.5 Å². The number of carbonyl (C=O) groups is 1. The number of rotatable bonds is 4. The lowest BCUT2D eigenvalue weighted by Crippen LogP contribution is -2.45. The number of ether oxygens (including phenoxy) is 1. The minimum atomic E-state index is -0.0307. The summed E-state index contributed by atoms with van der Waals surface area (Å²) in [6, 6.07) is 0.244. The summed E-state index contributed by atoms with van der Waals surface area (Å²) in [6.07, 6.45) is 2.06. The minimum absolute atomic E-state index is 0. The van der Waals surface area contributed by atoms with Crippen LogP contribution < -0.4 is 5.73 Å². The number of carbonyl (C=O) groups excluding carboxylic acids is 1. The lowest BCUT2D eigenvalue weighted by atomic mass is 9.90. The van der Waals surface area contributed by atoms with E-state index >= 15 is 0 Å². The van der Waals surface area contributed by atoms with Crippen molar-refractivity contribution < 1.29 is 9.53 Å². The van der Waals surface area contributed by atoms with Crippen LogP contribution in [0.5, 0.6) is 0 Å². The molecule has 1 aliphatic heterocycles. The fourth-order valence-electron chi connectivity index (χ4n) is 2.28. The van der Waals surface area contributed by atoms with E-state index in [1.165, 1.54) is 0 Å². The normalized spacial score (nSPS) is 20.6. The predicted molar refractivity (Wildman–Crippen MR) is 71.2 cm³/mol. The first-order valence-corrected chi connectivity index (χ1v) is 6.09. The molecule has 0 aromatic heterocycles. The van der Waals surface area contributed by atoms with Gasteiger partial charge in [0.2, 0.25) is 5.91 Å². The van der Waals surface area contributed by atoms with Gasteiger partial charge in [0.1, 0.15) is 0 Å². The Hall–Kier alpha value is -0.320. The Balaban J connectivity index is 0.00000256. The third-order valence-electron chi connectivity index (χ3n) is 3.43. The van der Waals surface area contributed by atoms with Gasteiger partial charge in [0.15, 0.2) is 0 Å². The Kier molecular flexibility index (Phi) is 7.75. The fraction of sp³-hybridized carbons (Fsp3) is 0.917. The lowest BCUT2D eigenvalue weighted by Gasteiger charge is -2.35. The molecule has 2 unspecified atom stereocenters. The van der Waals surface area contributed by atoms with Crippen LogP contribution in [0.2, 0.25) is 0 Å². The highest BCUT2D eigenvalue weighted by atomic mass is 35.5. The average molecular weight is 265 g/mol. The third-order valence-corrected chi connectivity index (χ3v) is 3.43. The lowest BCUT2D eigenvalue weighted by molar-refractivity contribution is -0.138. The second-order valence-electron chi connectivity index (χ2n) is 4.88. The molecule has 1 fully saturated rings. The van der Waals surface area contributed by atoms with Gasteiger partial charge in [-0.2, -0.15) is 0 Å². The molecule has 0 aromatic carbocycles. The van der Waals surface area contributed by atoms with Crippen molar-refractivity contribution in [3.63, 3.8) is 0 Å². The molecule has 4 nitrogen and oxygen atoms in total. The Bertz CT molecular complexity index is 229. The molecule has 0 aliphatic carbocycles. The van der Waals surface area contributed by atoms with Crippen molar-refractivity contribution in [3.8, 4) is 0 Å². The Morgan fingerprint density at radius 3 is 2.35 bits per heavy atom. The molecule has 0 bridgehead atoms. The van der Waals surface area contributed by atoms with Crippen molar-refractivity contribution in [2.45, 2.75) is 32.7 Å². The molecule has 1 rings (SSSR count). The first-order valence-electron chi connectivity index (χ1n) is 6.09. The Morgan fingerprint density at radius 1 is 1.41 bits per heavy atom. The highest BCUT2D eigenvalue weighted by Crippen LogP contribution is 2.20. The molecule has 0 radical (unpaired) electrons. The van der Waals surface area contributed by atoms with Crippen molar-refractivity contribution in [3.05, 3.63) is 0 Å². The molecule has 5 heteroatoms. The van der Waals surface area contributed by atoms with E-state index in [2.05, 4.69) is 6.92 Å². The molecule has 1 amide bonds. The maximum atomic E-state index is 12.0. The first kappa shape index (κ1) is 16.7. The predicted octanol–water partition coefficient (Wildman–Crippen LogP) is 1.28. The number of hydrogen-bond acceptors (Lipinski definition) is 3. The van der Waals surface area contributed by atoms with Crippen LogP contribution in [0, 0.1) is 11.8 Å². The average Bonchev–Trinajstić information content (AvgIpc) is 2.28. The van der Waals surface area contributed by atoms with Crippen molar-refractivity contribution in [1.29, 1.82) is 0 Å². The molecular weight excluding hydrogens is 240 g/mol. The number of amides is 1. The summed E-state index contributed by atoms with van der Waals surface area (Å²) in [7, 11) is 1.63. The van der Waals surface area contributed by atoms with Crippen molar-refractivity contribution in [2.24, 2.45) is 17.6 Å². The second-order valence-corrected chi connectivity index (χ2v) is 4.88. The summed E-state index contributed by atoms with van der Waals surface area (Å²) >= 11 is 0. The van der Waals surface area contributed by atoms with E-state index < -0.39 is 0 Å². The van der Waals surface area contributed by atoms with Crippen LogP contribution >= 0.6 is 12.4 Å². The second kappa shape index (κ2) is 7.90. The van der Waals surface area contributed by atoms with E-state index in [1.807, 2.05) is 11.8 Å². The molecule has 1 aliphatic rings. The van der Waals surface area contributed by atoms with E-state index in [1.54, 1.807) is 7.11 Å². The van der Waals surface area contributed by atoms with Crippen LogP contribution in [0.4, 0.5) is 0 Å². The molecule has 0 spiro atoms. The SMILES string of the molecule is COCC(C)C(=O)N1CCC(C(C)N)CC1.Cl. The van der Waals surface area contributed by atoms with E-state index in [9.17, 15) is 4.79 Å². The summed E-state index contributed by atoms with van der Waals surface area (Å²) in [5.74, 6) is 0.753. The summed E-state index contributed by atoms with van der Waals surface area (Å²) in [6.45, 7) is 6.17. The number of piperidine rings is 1. The van der Waals surface area contributed by atoms with Crippen LogP contribution in [0.3, 0.4) is 0 Å². The van der Waals surface area contributed by atoms with Gasteiger partial charge in [0.05, 0.1) is 12.5 Å². The van der Waals surface area contributed by atoms with Gasteiger partial charge < -0.3 is 15.4 Å². The van der Waals surface area contributed by atoms with Gasteiger partial charge in [0.25, 0.3) is 0 Å².